The second-order valence-electron chi connectivity index (χ2n) is 5.86. The zero-order chi connectivity index (χ0) is 17.9. The molecule has 0 N–H and O–H groups in total. The van der Waals surface area contributed by atoms with Crippen LogP contribution in [0.5, 0.6) is 11.5 Å². The van der Waals surface area contributed by atoms with Gasteiger partial charge in [0, 0.05) is 9.86 Å². The lowest BCUT2D eigenvalue weighted by atomic mass is 10.1. The predicted octanol–water partition coefficient (Wildman–Crippen LogP) is 5.74. The highest BCUT2D eigenvalue weighted by atomic mass is 79.9. The molecule has 0 heterocycles. The van der Waals surface area contributed by atoms with Crippen LogP contribution >= 0.6 is 15.9 Å². The van der Waals surface area contributed by atoms with E-state index in [1.807, 2.05) is 72.8 Å². The monoisotopic (exact) mass is 406 g/mol. The normalized spacial score (nSPS) is 10.8. The quantitative estimate of drug-likeness (QED) is 0.320. The van der Waals surface area contributed by atoms with E-state index < -0.39 is 5.97 Å². The van der Waals surface area contributed by atoms with Crippen LogP contribution in [0.4, 0.5) is 0 Å². The van der Waals surface area contributed by atoms with Crippen molar-refractivity contribution >= 4 is 43.4 Å². The van der Waals surface area contributed by atoms with Gasteiger partial charge in [0.2, 0.25) is 0 Å². The summed E-state index contributed by atoms with van der Waals surface area (Å²) in [5, 5.41) is 4.07. The minimum atomic E-state index is -0.439. The van der Waals surface area contributed by atoms with Gasteiger partial charge in [-0.15, -0.1) is 0 Å². The molecule has 0 aliphatic rings. The van der Waals surface area contributed by atoms with Gasteiger partial charge in [-0.1, -0.05) is 70.5 Å². The molecule has 0 bridgehead atoms. The van der Waals surface area contributed by atoms with Crippen molar-refractivity contribution in [2.75, 3.05) is 6.61 Å². The Balaban J connectivity index is 1.48. The Labute approximate surface area is 159 Å². The zero-order valence-corrected chi connectivity index (χ0v) is 15.4. The van der Waals surface area contributed by atoms with Crippen LogP contribution in [0.15, 0.2) is 83.3 Å². The first kappa shape index (κ1) is 16.6. The van der Waals surface area contributed by atoms with Gasteiger partial charge >= 0.3 is 5.97 Å². The van der Waals surface area contributed by atoms with Gasteiger partial charge < -0.3 is 9.47 Å². The van der Waals surface area contributed by atoms with Gasteiger partial charge in [0.25, 0.3) is 0 Å². The molecule has 0 spiro atoms. The summed E-state index contributed by atoms with van der Waals surface area (Å²) in [6.07, 6.45) is 0. The molecule has 0 radical (unpaired) electrons. The summed E-state index contributed by atoms with van der Waals surface area (Å²) in [7, 11) is 0. The number of carbonyl (C=O) groups is 1. The molecule has 0 saturated carbocycles. The fraction of sp³-hybridized carbons (Fsp3) is 0.0455. The van der Waals surface area contributed by atoms with E-state index in [0.717, 1.165) is 26.0 Å². The maximum Gasteiger partial charge on any atom is 0.349 e. The molecule has 0 aliphatic heterocycles. The third-order valence-electron chi connectivity index (χ3n) is 4.13. The van der Waals surface area contributed by atoms with E-state index >= 15 is 0 Å². The van der Waals surface area contributed by atoms with E-state index in [2.05, 4.69) is 15.9 Å². The van der Waals surface area contributed by atoms with Crippen molar-refractivity contribution < 1.29 is 14.3 Å². The summed E-state index contributed by atoms with van der Waals surface area (Å²) in [6, 6.07) is 25.1. The van der Waals surface area contributed by atoms with Crippen LogP contribution in [0.2, 0.25) is 0 Å². The van der Waals surface area contributed by atoms with Crippen LogP contribution < -0.4 is 9.47 Å². The van der Waals surface area contributed by atoms with Gasteiger partial charge in [0.05, 0.1) is 0 Å². The van der Waals surface area contributed by atoms with Gasteiger partial charge in [-0.05, 0) is 40.4 Å². The molecule has 4 aromatic rings. The number of benzene rings is 4. The van der Waals surface area contributed by atoms with E-state index in [1.165, 1.54) is 0 Å². The molecule has 0 aromatic heterocycles. The van der Waals surface area contributed by atoms with E-state index in [1.54, 1.807) is 6.07 Å². The van der Waals surface area contributed by atoms with Crippen LogP contribution in [0, 0.1) is 0 Å². The number of hydrogen-bond donors (Lipinski definition) is 0. The van der Waals surface area contributed by atoms with Gasteiger partial charge in [0.1, 0.15) is 11.5 Å². The molecule has 0 unspecified atom stereocenters. The average molecular weight is 407 g/mol. The van der Waals surface area contributed by atoms with Gasteiger partial charge in [-0.2, -0.15) is 0 Å². The van der Waals surface area contributed by atoms with E-state index in [9.17, 15) is 4.79 Å². The number of esters is 1. The fourth-order valence-corrected chi connectivity index (χ4v) is 3.35. The SMILES string of the molecule is O=C(COc1ccc2ccccc2c1)Oc1ccc(Br)c2ccccc12. The van der Waals surface area contributed by atoms with Crippen molar-refractivity contribution in [3.63, 3.8) is 0 Å². The first-order chi connectivity index (χ1) is 12.7. The third kappa shape index (κ3) is 3.41. The first-order valence-corrected chi connectivity index (χ1v) is 8.99. The lowest BCUT2D eigenvalue weighted by Gasteiger charge is -2.10. The van der Waals surface area contributed by atoms with Gasteiger partial charge in [-0.25, -0.2) is 4.79 Å². The molecule has 128 valence electrons. The number of carbonyl (C=O) groups excluding carboxylic acids is 1. The molecule has 3 nitrogen and oxygen atoms in total. The molecular formula is C22H15BrO3. The van der Waals surface area contributed by atoms with E-state index in [0.29, 0.717) is 11.5 Å². The summed E-state index contributed by atoms with van der Waals surface area (Å²) in [6.45, 7) is -0.150. The van der Waals surface area contributed by atoms with Crippen molar-refractivity contribution in [2.45, 2.75) is 0 Å². The average Bonchev–Trinajstić information content (AvgIpc) is 2.68. The topological polar surface area (TPSA) is 35.5 Å². The lowest BCUT2D eigenvalue weighted by Crippen LogP contribution is -2.17. The van der Waals surface area contributed by atoms with Crippen molar-refractivity contribution in [2.24, 2.45) is 0 Å². The minimum absolute atomic E-state index is 0.150. The molecule has 0 saturated heterocycles. The van der Waals surface area contributed by atoms with Crippen molar-refractivity contribution in [3.05, 3.63) is 83.3 Å². The second kappa shape index (κ2) is 7.18. The number of rotatable bonds is 4. The minimum Gasteiger partial charge on any atom is -0.482 e. The highest BCUT2D eigenvalue weighted by Crippen LogP contribution is 2.31. The summed E-state index contributed by atoms with van der Waals surface area (Å²) < 4.78 is 12.1. The molecule has 26 heavy (non-hydrogen) atoms. The molecule has 0 amide bonds. The Morgan fingerprint density at radius 3 is 2.38 bits per heavy atom. The predicted molar refractivity (Wildman–Crippen MR) is 107 cm³/mol. The first-order valence-electron chi connectivity index (χ1n) is 8.20. The Bertz CT molecular complexity index is 1100. The molecular weight excluding hydrogens is 392 g/mol. The third-order valence-corrected chi connectivity index (χ3v) is 4.82. The van der Waals surface area contributed by atoms with Crippen LogP contribution in [-0.2, 0) is 4.79 Å². The number of ether oxygens (including phenoxy) is 2. The maximum absolute atomic E-state index is 12.2. The summed E-state index contributed by atoms with van der Waals surface area (Å²) in [4.78, 5) is 12.2. The molecule has 0 atom stereocenters. The van der Waals surface area contributed by atoms with E-state index in [4.69, 9.17) is 9.47 Å². The van der Waals surface area contributed by atoms with Crippen LogP contribution in [0.3, 0.4) is 0 Å². The van der Waals surface area contributed by atoms with Gasteiger partial charge in [0.15, 0.2) is 6.61 Å². The van der Waals surface area contributed by atoms with Crippen LogP contribution in [0.25, 0.3) is 21.5 Å². The van der Waals surface area contributed by atoms with Crippen molar-refractivity contribution in [1.29, 1.82) is 0 Å². The second-order valence-corrected chi connectivity index (χ2v) is 6.72. The smallest absolute Gasteiger partial charge is 0.349 e. The van der Waals surface area contributed by atoms with Gasteiger partial charge in [-0.3, -0.25) is 0 Å². The van der Waals surface area contributed by atoms with Crippen LogP contribution in [0.1, 0.15) is 0 Å². The standard InChI is InChI=1S/C22H15BrO3/c23-20-11-12-21(19-8-4-3-7-18(19)20)26-22(24)14-25-17-10-9-15-5-1-2-6-16(15)13-17/h1-13H,14H2. The fourth-order valence-electron chi connectivity index (χ4n) is 2.88. The maximum atomic E-state index is 12.2. The molecule has 4 rings (SSSR count). The number of halogens is 1. The van der Waals surface area contributed by atoms with Crippen molar-refractivity contribution in [3.8, 4) is 11.5 Å². The summed E-state index contributed by atoms with van der Waals surface area (Å²) >= 11 is 3.51. The lowest BCUT2D eigenvalue weighted by molar-refractivity contribution is -0.136. The van der Waals surface area contributed by atoms with Crippen LogP contribution in [-0.4, -0.2) is 12.6 Å². The number of hydrogen-bond acceptors (Lipinski definition) is 3. The van der Waals surface area contributed by atoms with Crippen molar-refractivity contribution in [1.82, 2.24) is 0 Å². The molecule has 0 aliphatic carbocycles. The Kier molecular flexibility index (Phi) is 4.59. The summed E-state index contributed by atoms with van der Waals surface area (Å²) in [5.41, 5.74) is 0. The summed E-state index contributed by atoms with van der Waals surface area (Å²) in [5.74, 6) is 0.725. The van der Waals surface area contributed by atoms with E-state index in [-0.39, 0.29) is 6.61 Å². The highest BCUT2D eigenvalue weighted by Gasteiger charge is 2.11. The molecule has 4 heteroatoms. The Morgan fingerprint density at radius 1 is 0.808 bits per heavy atom. The highest BCUT2D eigenvalue weighted by molar-refractivity contribution is 9.10. The Morgan fingerprint density at radius 2 is 1.54 bits per heavy atom. The molecule has 4 aromatic carbocycles. The molecule has 0 fully saturated rings. The largest absolute Gasteiger partial charge is 0.482 e. The Hall–Kier alpha value is -2.85. The zero-order valence-electron chi connectivity index (χ0n) is 13.8. The number of fused-ring (bicyclic) bond motifs is 2.